The van der Waals surface area contributed by atoms with Crippen molar-refractivity contribution in [3.8, 4) is 11.3 Å². The number of benzene rings is 2. The Labute approximate surface area is 185 Å². The summed E-state index contributed by atoms with van der Waals surface area (Å²) in [5.41, 5.74) is 5.44. The third-order valence-electron chi connectivity index (χ3n) is 6.72. The quantitative estimate of drug-likeness (QED) is 0.312. The molecule has 3 heterocycles. The Bertz CT molecular complexity index is 1530. The fourth-order valence-electron chi connectivity index (χ4n) is 5.06. The Hall–Kier alpha value is -3.20. The molecular weight excluding hydrogens is 380 g/mol. The number of fused-ring (bicyclic) bond motifs is 5. The molecule has 0 saturated heterocycles. The van der Waals surface area contributed by atoms with Gasteiger partial charge in [-0.05, 0) is 47.9 Å². The normalized spacial score (nSPS) is 16.3. The van der Waals surface area contributed by atoms with Gasteiger partial charge in [-0.2, -0.15) is 0 Å². The average molecular weight is 410 g/mol. The highest BCUT2D eigenvalue weighted by atomic mass is 16.3. The van der Waals surface area contributed by atoms with Crippen LogP contribution in [0.5, 0.6) is 0 Å². The van der Waals surface area contributed by atoms with E-state index < -0.39 is 6.37 Å². The molecule has 6 rings (SSSR count). The van der Waals surface area contributed by atoms with Crippen molar-refractivity contribution in [1.82, 2.24) is 4.98 Å². The largest absolute Gasteiger partial charge is 0.438 e. The summed E-state index contributed by atoms with van der Waals surface area (Å²) in [6.45, 7) is 2.09. The van der Waals surface area contributed by atoms with Crippen LogP contribution in [0.25, 0.3) is 44.1 Å². The van der Waals surface area contributed by atoms with Crippen LogP contribution in [0.2, 0.25) is 0 Å². The molecule has 5 aromatic rings. The van der Waals surface area contributed by atoms with E-state index in [1.807, 2.05) is 43.7 Å². The van der Waals surface area contributed by atoms with Crippen LogP contribution in [-0.2, 0) is 13.4 Å². The van der Waals surface area contributed by atoms with E-state index in [-0.39, 0.29) is 5.92 Å². The van der Waals surface area contributed by atoms with Gasteiger partial charge in [0, 0.05) is 37.4 Å². The Balaban J connectivity index is 1.57. The zero-order valence-corrected chi connectivity index (χ0v) is 18.0. The molecule has 154 valence electrons. The van der Waals surface area contributed by atoms with Crippen molar-refractivity contribution in [2.75, 3.05) is 0 Å². The number of pyridine rings is 2. The molecule has 0 bridgehead atoms. The highest BCUT2D eigenvalue weighted by molar-refractivity contribution is 6.18. The van der Waals surface area contributed by atoms with Crippen molar-refractivity contribution in [3.63, 3.8) is 0 Å². The first-order chi connectivity index (χ1) is 15.9. The molecule has 1 aliphatic rings. The van der Waals surface area contributed by atoms with Crippen molar-refractivity contribution in [1.29, 1.82) is 0 Å². The third-order valence-corrected chi connectivity index (χ3v) is 6.72. The van der Waals surface area contributed by atoms with Gasteiger partial charge in [0.05, 0.1) is 5.39 Å². The fraction of sp³-hybridized carbons (Fsp3) is 0.286. The first-order valence-corrected chi connectivity index (χ1v) is 11.1. The van der Waals surface area contributed by atoms with E-state index in [0.29, 0.717) is 5.71 Å². The van der Waals surface area contributed by atoms with Crippen LogP contribution in [0.3, 0.4) is 0 Å². The summed E-state index contributed by atoms with van der Waals surface area (Å²) in [7, 11) is 2.03. The van der Waals surface area contributed by atoms with Gasteiger partial charge in [0.2, 0.25) is 11.4 Å². The molecule has 0 unspecified atom stereocenters. The minimum Gasteiger partial charge on any atom is -0.438 e. The van der Waals surface area contributed by atoms with E-state index in [0.717, 1.165) is 75.2 Å². The Morgan fingerprint density at radius 3 is 2.81 bits per heavy atom. The number of rotatable bonds is 3. The van der Waals surface area contributed by atoms with Gasteiger partial charge in [0.25, 0.3) is 0 Å². The minimum atomic E-state index is -1.32. The lowest BCUT2D eigenvalue weighted by molar-refractivity contribution is -0.660. The highest BCUT2D eigenvalue weighted by Gasteiger charge is 2.21. The summed E-state index contributed by atoms with van der Waals surface area (Å²) in [5, 5.41) is 4.29. The van der Waals surface area contributed by atoms with Gasteiger partial charge in [-0.25, -0.2) is 9.55 Å². The second-order valence-corrected chi connectivity index (χ2v) is 8.83. The van der Waals surface area contributed by atoms with Crippen molar-refractivity contribution >= 4 is 32.8 Å². The minimum absolute atomic E-state index is 0.0943. The van der Waals surface area contributed by atoms with E-state index >= 15 is 0 Å². The summed E-state index contributed by atoms with van der Waals surface area (Å²) in [4.78, 5) is 4.57. The highest BCUT2D eigenvalue weighted by Crippen LogP contribution is 2.37. The number of nitrogens with zero attached hydrogens (tertiary/aromatic N) is 2. The molecule has 0 spiro atoms. The van der Waals surface area contributed by atoms with Crippen LogP contribution in [0, 0.1) is 12.8 Å². The molecule has 3 aromatic heterocycles. The van der Waals surface area contributed by atoms with Crippen LogP contribution in [-0.4, -0.2) is 4.98 Å². The molecular formula is C28H27N2O+. The van der Waals surface area contributed by atoms with Crippen molar-refractivity contribution in [2.45, 2.75) is 39.0 Å². The van der Waals surface area contributed by atoms with Gasteiger partial charge in [-0.15, -0.1) is 0 Å². The van der Waals surface area contributed by atoms with E-state index in [1.54, 1.807) is 0 Å². The van der Waals surface area contributed by atoms with Gasteiger partial charge in [0.1, 0.15) is 12.6 Å². The lowest BCUT2D eigenvalue weighted by Crippen LogP contribution is -2.30. The van der Waals surface area contributed by atoms with Gasteiger partial charge < -0.3 is 4.42 Å². The van der Waals surface area contributed by atoms with Gasteiger partial charge >= 0.3 is 0 Å². The summed E-state index contributed by atoms with van der Waals surface area (Å²) < 4.78 is 26.0. The SMILES string of the molecule is [2H]C([2H])(c1cc[n+](C)c(-c2cc3c(cc2C)oc2ncc4ccccc4c23)c1)C1CCCC1. The predicted octanol–water partition coefficient (Wildman–Crippen LogP) is 6.67. The topological polar surface area (TPSA) is 29.9 Å². The summed E-state index contributed by atoms with van der Waals surface area (Å²) in [5.74, 6) is 0.0943. The maximum absolute atomic E-state index is 8.89. The molecule has 3 heteroatoms. The van der Waals surface area contributed by atoms with Crippen LogP contribution in [0.1, 0.15) is 39.6 Å². The monoisotopic (exact) mass is 409 g/mol. The molecule has 1 fully saturated rings. The Morgan fingerprint density at radius 2 is 1.94 bits per heavy atom. The maximum atomic E-state index is 8.89. The number of hydrogen-bond donors (Lipinski definition) is 0. The van der Waals surface area contributed by atoms with Gasteiger partial charge in [-0.3, -0.25) is 0 Å². The lowest BCUT2D eigenvalue weighted by atomic mass is 9.95. The molecule has 0 atom stereocenters. The number of aromatic nitrogens is 2. The van der Waals surface area contributed by atoms with Crippen LogP contribution < -0.4 is 4.57 Å². The predicted molar refractivity (Wildman–Crippen MR) is 126 cm³/mol. The van der Waals surface area contributed by atoms with Crippen LogP contribution in [0.15, 0.2) is 65.3 Å². The lowest BCUT2D eigenvalue weighted by Gasteiger charge is -2.10. The fourth-order valence-corrected chi connectivity index (χ4v) is 5.06. The molecule has 0 radical (unpaired) electrons. The smallest absolute Gasteiger partial charge is 0.227 e. The van der Waals surface area contributed by atoms with E-state index in [1.165, 1.54) is 0 Å². The zero-order chi connectivity index (χ0) is 22.7. The van der Waals surface area contributed by atoms with Gasteiger partial charge in [-0.1, -0.05) is 49.9 Å². The molecule has 1 aliphatic carbocycles. The summed E-state index contributed by atoms with van der Waals surface area (Å²) >= 11 is 0. The summed E-state index contributed by atoms with van der Waals surface area (Å²) in [6, 6.07) is 16.5. The molecule has 0 N–H and O–H groups in total. The van der Waals surface area contributed by atoms with Crippen LogP contribution >= 0.6 is 0 Å². The molecule has 3 nitrogen and oxygen atoms in total. The molecule has 31 heavy (non-hydrogen) atoms. The molecule has 0 aliphatic heterocycles. The van der Waals surface area contributed by atoms with Crippen LogP contribution in [0.4, 0.5) is 0 Å². The Morgan fingerprint density at radius 1 is 1.10 bits per heavy atom. The number of furan rings is 1. The Kier molecular flexibility index (Phi) is 3.83. The average Bonchev–Trinajstić information content (AvgIpc) is 3.47. The third kappa shape index (κ3) is 3.11. The number of hydrogen-bond acceptors (Lipinski definition) is 2. The van der Waals surface area contributed by atoms with Crippen molar-refractivity contribution < 1.29 is 11.7 Å². The summed E-state index contributed by atoms with van der Waals surface area (Å²) in [6.07, 6.45) is 6.73. The first-order valence-electron chi connectivity index (χ1n) is 12.1. The second-order valence-electron chi connectivity index (χ2n) is 8.83. The maximum Gasteiger partial charge on any atom is 0.227 e. The molecule has 2 aromatic carbocycles. The van der Waals surface area contributed by atoms with E-state index in [4.69, 9.17) is 7.16 Å². The standard InChI is InChI=1S/C28H27N2O/c1-18-13-26-24(27-22-10-6-5-9-21(22)17-29-28(27)31-26)16-23(18)25-15-20(11-12-30(25)2)14-19-7-3-4-8-19/h5-6,9-13,15-17,19H,3-4,7-8,14H2,1-2H3/q+1/i14D2. The van der Waals surface area contributed by atoms with Gasteiger partial charge in [0.15, 0.2) is 6.20 Å². The molecule has 1 saturated carbocycles. The molecule has 0 amide bonds. The van der Waals surface area contributed by atoms with E-state index in [9.17, 15) is 0 Å². The first kappa shape index (κ1) is 16.5. The van der Waals surface area contributed by atoms with Crippen molar-refractivity contribution in [3.05, 3.63) is 72.1 Å². The van der Waals surface area contributed by atoms with Crippen molar-refractivity contribution in [2.24, 2.45) is 13.0 Å². The zero-order valence-electron chi connectivity index (χ0n) is 20.0. The second kappa shape index (κ2) is 7.19. The number of aryl methyl sites for hydroxylation is 2. The van der Waals surface area contributed by atoms with E-state index in [2.05, 4.69) is 40.7 Å².